The van der Waals surface area contributed by atoms with Gasteiger partial charge in [-0.25, -0.2) is 4.67 Å². The van der Waals surface area contributed by atoms with E-state index in [9.17, 15) is 0 Å². The van der Waals surface area contributed by atoms with Crippen molar-refractivity contribution in [3.63, 3.8) is 0 Å². The van der Waals surface area contributed by atoms with Gasteiger partial charge in [0.05, 0.1) is 24.7 Å². The van der Waals surface area contributed by atoms with Gasteiger partial charge in [0.2, 0.25) is 0 Å². The zero-order valence-corrected chi connectivity index (χ0v) is 14.2. The van der Waals surface area contributed by atoms with Crippen molar-refractivity contribution in [2.45, 2.75) is 78.0 Å². The number of hydrogen-bond donors (Lipinski definition) is 0. The van der Waals surface area contributed by atoms with E-state index in [2.05, 4.69) is 45.4 Å². The average Bonchev–Trinajstić information content (AvgIpc) is 2.24. The lowest BCUT2D eigenvalue weighted by atomic mass is 9.42. The molecule has 1 unspecified atom stereocenters. The van der Waals surface area contributed by atoms with Crippen LogP contribution in [0.1, 0.15) is 60.3 Å². The molecule has 114 valence electrons. The Morgan fingerprint density at radius 3 is 2.15 bits per heavy atom. The van der Waals surface area contributed by atoms with Crippen molar-refractivity contribution < 1.29 is 9.05 Å². The molecule has 0 amide bonds. The maximum absolute atomic E-state index is 8.69. The molecule has 2 bridgehead atoms. The van der Waals surface area contributed by atoms with E-state index >= 15 is 0 Å². The van der Waals surface area contributed by atoms with Crippen LogP contribution in [0.15, 0.2) is 0 Å². The second kappa shape index (κ2) is 5.89. The maximum Gasteiger partial charge on any atom is 0.259 e. The monoisotopic (exact) mass is 298 g/mol. The van der Waals surface area contributed by atoms with Crippen molar-refractivity contribution in [1.82, 2.24) is 4.67 Å². The Morgan fingerprint density at radius 1 is 1.20 bits per heavy atom. The third-order valence-corrected chi connectivity index (χ3v) is 6.43. The SMILES string of the molecule is CC(C)N(C(C)C)P(OCCC#N)O[C@]12C[C@@](C)(C1)C2. The van der Waals surface area contributed by atoms with Crippen molar-refractivity contribution in [3.05, 3.63) is 0 Å². The molecular weight excluding hydrogens is 271 g/mol. The van der Waals surface area contributed by atoms with Crippen molar-refractivity contribution in [2.24, 2.45) is 5.41 Å². The standard InChI is InChI=1S/C15H27N2O2P/c1-12(2)17(13(3)4)20(18-8-6-7-16)19-15-9-14(5,10-15)11-15/h12-13H,6,8-11H2,1-5H3/t14-,15+,20?. The molecule has 0 spiro atoms. The highest BCUT2D eigenvalue weighted by atomic mass is 31.2. The molecule has 3 aliphatic carbocycles. The first-order valence-corrected chi connectivity index (χ1v) is 8.71. The highest BCUT2D eigenvalue weighted by molar-refractivity contribution is 7.44. The molecule has 1 atom stereocenters. The van der Waals surface area contributed by atoms with Crippen LogP contribution < -0.4 is 0 Å². The Balaban J connectivity index is 1.98. The first-order chi connectivity index (χ1) is 9.31. The summed E-state index contributed by atoms with van der Waals surface area (Å²) in [6, 6.07) is 2.90. The van der Waals surface area contributed by atoms with Crippen LogP contribution >= 0.6 is 8.53 Å². The molecule has 3 saturated carbocycles. The third-order valence-electron chi connectivity index (χ3n) is 4.18. The van der Waals surface area contributed by atoms with E-state index in [4.69, 9.17) is 14.3 Å². The van der Waals surface area contributed by atoms with Gasteiger partial charge in [-0.2, -0.15) is 5.26 Å². The number of rotatable bonds is 8. The lowest BCUT2D eigenvalue weighted by Gasteiger charge is -2.69. The second-order valence-electron chi connectivity index (χ2n) is 7.16. The maximum atomic E-state index is 8.69. The first kappa shape index (κ1) is 16.2. The fraction of sp³-hybridized carbons (Fsp3) is 0.933. The Morgan fingerprint density at radius 2 is 1.75 bits per heavy atom. The predicted octanol–water partition coefficient (Wildman–Crippen LogP) is 4.22. The van der Waals surface area contributed by atoms with E-state index < -0.39 is 8.53 Å². The minimum atomic E-state index is -1.06. The van der Waals surface area contributed by atoms with Crippen LogP contribution in [0.2, 0.25) is 0 Å². The molecule has 0 aromatic carbocycles. The molecule has 3 fully saturated rings. The molecule has 20 heavy (non-hydrogen) atoms. The molecule has 3 rings (SSSR count). The first-order valence-electron chi connectivity index (χ1n) is 7.58. The van der Waals surface area contributed by atoms with Gasteiger partial charge in [-0.3, -0.25) is 0 Å². The van der Waals surface area contributed by atoms with Crippen LogP contribution in [0.5, 0.6) is 0 Å². The van der Waals surface area contributed by atoms with E-state index in [1.54, 1.807) is 0 Å². The van der Waals surface area contributed by atoms with Crippen LogP contribution in [-0.2, 0) is 9.05 Å². The van der Waals surface area contributed by atoms with E-state index in [-0.39, 0.29) is 5.60 Å². The minimum absolute atomic E-state index is 0.0785. The summed E-state index contributed by atoms with van der Waals surface area (Å²) in [6.45, 7) is 11.5. The Kier molecular flexibility index (Phi) is 4.76. The Bertz CT molecular complexity index is 364. The summed E-state index contributed by atoms with van der Waals surface area (Å²) in [5.41, 5.74) is 0.614. The summed E-state index contributed by atoms with van der Waals surface area (Å²) in [4.78, 5) is 0. The minimum Gasteiger partial charge on any atom is -0.321 e. The second-order valence-corrected chi connectivity index (χ2v) is 8.54. The van der Waals surface area contributed by atoms with Crippen LogP contribution in [0.25, 0.3) is 0 Å². The highest BCUT2D eigenvalue weighted by Crippen LogP contribution is 2.72. The number of nitrogens with zero attached hydrogens (tertiary/aromatic N) is 2. The van der Waals surface area contributed by atoms with Gasteiger partial charge >= 0.3 is 0 Å². The molecule has 0 aliphatic heterocycles. The molecule has 4 nitrogen and oxygen atoms in total. The van der Waals surface area contributed by atoms with Gasteiger partial charge < -0.3 is 9.05 Å². The molecule has 0 N–H and O–H groups in total. The average molecular weight is 298 g/mol. The predicted molar refractivity (Wildman–Crippen MR) is 81.0 cm³/mol. The molecule has 5 heteroatoms. The fourth-order valence-electron chi connectivity index (χ4n) is 3.72. The van der Waals surface area contributed by atoms with Gasteiger partial charge in [0.25, 0.3) is 8.53 Å². The van der Waals surface area contributed by atoms with Gasteiger partial charge in [-0.05, 0) is 52.4 Å². The van der Waals surface area contributed by atoms with Gasteiger partial charge in [0, 0.05) is 12.1 Å². The smallest absolute Gasteiger partial charge is 0.259 e. The van der Waals surface area contributed by atoms with E-state index in [0.717, 1.165) is 0 Å². The Hall–Kier alpha value is -0.200. The van der Waals surface area contributed by atoms with E-state index in [0.29, 0.717) is 30.5 Å². The van der Waals surface area contributed by atoms with Crippen LogP contribution in [-0.4, -0.2) is 29.0 Å². The van der Waals surface area contributed by atoms with Crippen LogP contribution in [0, 0.1) is 16.7 Å². The van der Waals surface area contributed by atoms with Gasteiger partial charge in [0.1, 0.15) is 0 Å². The topological polar surface area (TPSA) is 45.5 Å². The van der Waals surface area contributed by atoms with Crippen molar-refractivity contribution in [2.75, 3.05) is 6.61 Å². The molecule has 0 aromatic heterocycles. The van der Waals surface area contributed by atoms with Crippen LogP contribution in [0.3, 0.4) is 0 Å². The zero-order valence-electron chi connectivity index (χ0n) is 13.3. The van der Waals surface area contributed by atoms with Gasteiger partial charge in [-0.15, -0.1) is 0 Å². The Labute approximate surface area is 124 Å². The van der Waals surface area contributed by atoms with E-state index in [1.165, 1.54) is 19.3 Å². The quantitative estimate of drug-likeness (QED) is 0.497. The zero-order chi connectivity index (χ0) is 15.0. The van der Waals surface area contributed by atoms with E-state index in [1.807, 2.05) is 0 Å². The third kappa shape index (κ3) is 3.17. The summed E-state index contributed by atoms with van der Waals surface area (Å²) >= 11 is 0. The molecule has 0 saturated heterocycles. The normalized spacial score (nSPS) is 33.0. The molecular formula is C15H27N2O2P. The van der Waals surface area contributed by atoms with Crippen molar-refractivity contribution in [3.8, 4) is 6.07 Å². The lowest BCUT2D eigenvalue weighted by molar-refractivity contribution is -0.235. The summed E-state index contributed by atoms with van der Waals surface area (Å²) in [7, 11) is -1.06. The van der Waals surface area contributed by atoms with Crippen molar-refractivity contribution >= 4 is 8.53 Å². The molecule has 0 aromatic rings. The highest BCUT2D eigenvalue weighted by Gasteiger charge is 2.67. The summed E-state index contributed by atoms with van der Waals surface area (Å²) in [6.07, 6.45) is 3.94. The number of hydrogen-bond acceptors (Lipinski definition) is 4. The summed E-state index contributed by atoms with van der Waals surface area (Å²) in [5, 5.41) is 8.69. The molecule has 0 radical (unpaired) electrons. The van der Waals surface area contributed by atoms with Crippen molar-refractivity contribution in [1.29, 1.82) is 5.26 Å². The van der Waals surface area contributed by atoms with Gasteiger partial charge in [-0.1, -0.05) is 6.92 Å². The fourth-order valence-corrected chi connectivity index (χ4v) is 5.53. The molecule has 3 aliphatic rings. The van der Waals surface area contributed by atoms with Gasteiger partial charge in [0.15, 0.2) is 0 Å². The molecule has 0 heterocycles. The summed E-state index contributed by atoms with van der Waals surface area (Å²) in [5.74, 6) is 0. The van der Waals surface area contributed by atoms with Crippen LogP contribution in [0.4, 0.5) is 0 Å². The lowest BCUT2D eigenvalue weighted by Crippen LogP contribution is -2.66. The largest absolute Gasteiger partial charge is 0.321 e. The number of nitriles is 1. The summed E-state index contributed by atoms with van der Waals surface area (Å²) < 4.78 is 14.7.